The normalized spacial score (nSPS) is 12.8. The van der Waals surface area contributed by atoms with E-state index in [-0.39, 0.29) is 6.04 Å². The van der Waals surface area contributed by atoms with E-state index in [9.17, 15) is 0 Å². The summed E-state index contributed by atoms with van der Waals surface area (Å²) in [5.41, 5.74) is 10.7. The lowest BCUT2D eigenvalue weighted by Gasteiger charge is -2.10. The van der Waals surface area contributed by atoms with E-state index < -0.39 is 0 Å². The maximum atomic E-state index is 6.37. The van der Waals surface area contributed by atoms with Crippen molar-refractivity contribution in [3.05, 3.63) is 69.4 Å². The van der Waals surface area contributed by atoms with Crippen LogP contribution in [0.4, 0.5) is 0 Å². The summed E-state index contributed by atoms with van der Waals surface area (Å²) in [5, 5.41) is 1.14. The molecular formula is C17H16BrNO. The van der Waals surface area contributed by atoms with Gasteiger partial charge in [0.15, 0.2) is 0 Å². The summed E-state index contributed by atoms with van der Waals surface area (Å²) in [4.78, 5) is 0. The number of fused-ring (bicyclic) bond motifs is 1. The van der Waals surface area contributed by atoms with Gasteiger partial charge in [0.25, 0.3) is 0 Å². The van der Waals surface area contributed by atoms with Crippen molar-refractivity contribution in [2.75, 3.05) is 0 Å². The predicted octanol–water partition coefficient (Wildman–Crippen LogP) is 4.86. The second-order valence-corrected chi connectivity index (χ2v) is 6.04. The molecule has 3 heteroatoms. The molecule has 0 aliphatic heterocycles. The summed E-state index contributed by atoms with van der Waals surface area (Å²) in [6.45, 7) is 4.15. The first-order chi connectivity index (χ1) is 9.56. The smallest absolute Gasteiger partial charge is 0.134 e. The fourth-order valence-corrected chi connectivity index (χ4v) is 2.92. The SMILES string of the molecule is Cc1ccc2oc(C(N)c3cccc(Br)c3)c(C)c2c1. The van der Waals surface area contributed by atoms with Gasteiger partial charge in [-0.2, -0.15) is 0 Å². The third kappa shape index (κ3) is 2.28. The van der Waals surface area contributed by atoms with Gasteiger partial charge in [-0.25, -0.2) is 0 Å². The molecule has 0 saturated carbocycles. The quantitative estimate of drug-likeness (QED) is 0.729. The monoisotopic (exact) mass is 329 g/mol. The molecule has 2 nitrogen and oxygen atoms in total. The Bertz CT molecular complexity index is 776. The summed E-state index contributed by atoms with van der Waals surface area (Å²) >= 11 is 3.48. The summed E-state index contributed by atoms with van der Waals surface area (Å²) in [6, 6.07) is 14.0. The zero-order chi connectivity index (χ0) is 14.3. The van der Waals surface area contributed by atoms with Crippen molar-refractivity contribution >= 4 is 26.9 Å². The van der Waals surface area contributed by atoms with Crippen LogP contribution in [-0.4, -0.2) is 0 Å². The fourth-order valence-electron chi connectivity index (χ4n) is 2.50. The average Bonchev–Trinajstić information content (AvgIpc) is 2.75. The zero-order valence-corrected chi connectivity index (χ0v) is 13.1. The summed E-state index contributed by atoms with van der Waals surface area (Å²) in [5.74, 6) is 0.837. The molecule has 0 saturated heterocycles. The van der Waals surface area contributed by atoms with Crippen molar-refractivity contribution < 1.29 is 4.42 Å². The maximum absolute atomic E-state index is 6.37. The van der Waals surface area contributed by atoms with Gasteiger partial charge in [-0.3, -0.25) is 0 Å². The molecule has 3 aromatic rings. The summed E-state index contributed by atoms with van der Waals surface area (Å²) < 4.78 is 6.99. The van der Waals surface area contributed by atoms with Crippen LogP contribution in [0.2, 0.25) is 0 Å². The van der Waals surface area contributed by atoms with Crippen LogP contribution in [0.15, 0.2) is 51.4 Å². The van der Waals surface area contributed by atoms with Crippen molar-refractivity contribution in [3.8, 4) is 0 Å². The number of hydrogen-bond donors (Lipinski definition) is 1. The molecule has 1 aromatic heterocycles. The molecule has 0 bridgehead atoms. The Balaban J connectivity index is 2.12. The molecule has 3 rings (SSSR count). The lowest BCUT2D eigenvalue weighted by Crippen LogP contribution is -2.11. The van der Waals surface area contributed by atoms with Crippen LogP contribution in [0, 0.1) is 13.8 Å². The van der Waals surface area contributed by atoms with Crippen LogP contribution in [0.3, 0.4) is 0 Å². The van der Waals surface area contributed by atoms with E-state index in [1.807, 2.05) is 30.3 Å². The Labute approximate surface area is 126 Å². The van der Waals surface area contributed by atoms with E-state index in [2.05, 4.69) is 41.9 Å². The highest BCUT2D eigenvalue weighted by Gasteiger charge is 2.18. The lowest BCUT2D eigenvalue weighted by molar-refractivity contribution is 0.521. The third-order valence-electron chi connectivity index (χ3n) is 3.62. The van der Waals surface area contributed by atoms with Gasteiger partial charge in [0.1, 0.15) is 11.3 Å². The van der Waals surface area contributed by atoms with E-state index in [0.717, 1.165) is 32.3 Å². The molecule has 0 spiro atoms. The van der Waals surface area contributed by atoms with Crippen LogP contribution >= 0.6 is 15.9 Å². The molecule has 102 valence electrons. The molecule has 1 heterocycles. The van der Waals surface area contributed by atoms with Crippen LogP contribution in [0.25, 0.3) is 11.0 Å². The van der Waals surface area contributed by atoms with Gasteiger partial charge in [0, 0.05) is 15.4 Å². The van der Waals surface area contributed by atoms with E-state index in [0.29, 0.717) is 0 Å². The van der Waals surface area contributed by atoms with Gasteiger partial charge in [0.05, 0.1) is 6.04 Å². The van der Waals surface area contributed by atoms with E-state index in [1.54, 1.807) is 0 Å². The van der Waals surface area contributed by atoms with E-state index in [4.69, 9.17) is 10.2 Å². The molecule has 0 aliphatic rings. The number of furan rings is 1. The van der Waals surface area contributed by atoms with Crippen LogP contribution in [-0.2, 0) is 0 Å². The molecule has 0 amide bonds. The molecule has 0 radical (unpaired) electrons. The van der Waals surface area contributed by atoms with Crippen molar-refractivity contribution in [2.45, 2.75) is 19.9 Å². The number of rotatable bonds is 2. The molecule has 2 N–H and O–H groups in total. The number of hydrogen-bond acceptors (Lipinski definition) is 2. The van der Waals surface area contributed by atoms with Crippen LogP contribution in [0.1, 0.15) is 28.5 Å². The molecule has 1 atom stereocenters. The molecule has 0 fully saturated rings. The first-order valence-electron chi connectivity index (χ1n) is 6.57. The van der Waals surface area contributed by atoms with Crippen molar-refractivity contribution in [1.82, 2.24) is 0 Å². The second-order valence-electron chi connectivity index (χ2n) is 5.12. The fraction of sp³-hybridized carbons (Fsp3) is 0.176. The lowest BCUT2D eigenvalue weighted by atomic mass is 10.0. The van der Waals surface area contributed by atoms with Crippen LogP contribution < -0.4 is 5.73 Å². The molecule has 2 aromatic carbocycles. The third-order valence-corrected chi connectivity index (χ3v) is 4.11. The largest absolute Gasteiger partial charge is 0.459 e. The Hall–Kier alpha value is -1.58. The number of benzene rings is 2. The minimum Gasteiger partial charge on any atom is -0.459 e. The summed E-state index contributed by atoms with van der Waals surface area (Å²) in [7, 11) is 0. The highest BCUT2D eigenvalue weighted by atomic mass is 79.9. The maximum Gasteiger partial charge on any atom is 0.134 e. The van der Waals surface area contributed by atoms with Crippen molar-refractivity contribution in [3.63, 3.8) is 0 Å². The Morgan fingerprint density at radius 3 is 2.65 bits per heavy atom. The molecule has 0 aliphatic carbocycles. The van der Waals surface area contributed by atoms with Gasteiger partial charge in [-0.15, -0.1) is 0 Å². The Morgan fingerprint density at radius 1 is 1.10 bits per heavy atom. The van der Waals surface area contributed by atoms with Gasteiger partial charge >= 0.3 is 0 Å². The van der Waals surface area contributed by atoms with Gasteiger partial charge in [-0.1, -0.05) is 39.7 Å². The van der Waals surface area contributed by atoms with Gasteiger partial charge < -0.3 is 10.2 Å². The molecule has 1 unspecified atom stereocenters. The van der Waals surface area contributed by atoms with E-state index in [1.165, 1.54) is 5.56 Å². The predicted molar refractivity (Wildman–Crippen MR) is 85.9 cm³/mol. The second kappa shape index (κ2) is 5.08. The topological polar surface area (TPSA) is 39.2 Å². The minimum atomic E-state index is -0.250. The average molecular weight is 330 g/mol. The summed E-state index contributed by atoms with van der Waals surface area (Å²) in [6.07, 6.45) is 0. The highest BCUT2D eigenvalue weighted by Crippen LogP contribution is 2.32. The number of nitrogens with two attached hydrogens (primary N) is 1. The number of aryl methyl sites for hydroxylation is 2. The highest BCUT2D eigenvalue weighted by molar-refractivity contribution is 9.10. The first kappa shape index (κ1) is 13.4. The molecular weight excluding hydrogens is 314 g/mol. The van der Waals surface area contributed by atoms with Gasteiger partial charge in [-0.05, 0) is 43.7 Å². The zero-order valence-electron chi connectivity index (χ0n) is 11.5. The van der Waals surface area contributed by atoms with E-state index >= 15 is 0 Å². The van der Waals surface area contributed by atoms with Crippen molar-refractivity contribution in [1.29, 1.82) is 0 Å². The molecule has 20 heavy (non-hydrogen) atoms. The minimum absolute atomic E-state index is 0.250. The van der Waals surface area contributed by atoms with Crippen molar-refractivity contribution in [2.24, 2.45) is 5.73 Å². The Kier molecular flexibility index (Phi) is 3.40. The number of halogens is 1. The van der Waals surface area contributed by atoms with Crippen LogP contribution in [0.5, 0.6) is 0 Å². The standard InChI is InChI=1S/C17H16BrNO/c1-10-6-7-15-14(8-10)11(2)17(20-15)16(19)12-4-3-5-13(18)9-12/h3-9,16H,19H2,1-2H3. The van der Waals surface area contributed by atoms with Gasteiger partial charge in [0.2, 0.25) is 0 Å². The Morgan fingerprint density at radius 2 is 1.90 bits per heavy atom. The first-order valence-corrected chi connectivity index (χ1v) is 7.36.